The van der Waals surface area contributed by atoms with E-state index in [9.17, 15) is 4.79 Å². The van der Waals surface area contributed by atoms with Gasteiger partial charge in [-0.25, -0.2) is 0 Å². The van der Waals surface area contributed by atoms with Crippen LogP contribution in [-0.4, -0.2) is 11.4 Å². The molecule has 0 heterocycles. The molecule has 2 rings (SSSR count). The molecule has 16 heavy (non-hydrogen) atoms. The Morgan fingerprint density at radius 1 is 1.50 bits per heavy atom. The monoisotopic (exact) mass is 260 g/mol. The average molecular weight is 261 g/mol. The van der Waals surface area contributed by atoms with Gasteiger partial charge in [-0.3, -0.25) is 4.79 Å². The first-order chi connectivity index (χ1) is 7.03. The first kappa shape index (κ1) is 13.3. The molecule has 1 aromatic carbocycles. The fraction of sp³-hybridized carbons (Fsp3) is 0.364. The van der Waals surface area contributed by atoms with Crippen molar-refractivity contribution in [3.05, 3.63) is 28.8 Å². The van der Waals surface area contributed by atoms with Crippen LogP contribution in [-0.2, 0) is 4.79 Å². The number of nitrogens with two attached hydrogens (primary N) is 1. The summed E-state index contributed by atoms with van der Waals surface area (Å²) in [4.78, 5) is 11.7. The fourth-order valence-corrected chi connectivity index (χ4v) is 1.53. The van der Waals surface area contributed by atoms with E-state index in [0.29, 0.717) is 5.02 Å². The minimum Gasteiger partial charge on any atom is -0.324 e. The molecule has 1 saturated carbocycles. The van der Waals surface area contributed by atoms with Crippen molar-refractivity contribution >= 4 is 35.6 Å². The number of hydrogen-bond donors (Lipinski definition) is 2. The standard InChI is InChI=1S/C11H13ClN2O.ClH/c1-7-8(12)3-2-4-9(7)14-10(15)11(13)5-6-11;/h2-4H,5-6,13H2,1H3,(H,14,15);1H. The predicted molar refractivity (Wildman–Crippen MR) is 68.2 cm³/mol. The maximum absolute atomic E-state index is 11.7. The van der Waals surface area contributed by atoms with Crippen molar-refractivity contribution in [3.8, 4) is 0 Å². The van der Waals surface area contributed by atoms with Crippen molar-refractivity contribution in [1.82, 2.24) is 0 Å². The topological polar surface area (TPSA) is 55.1 Å². The summed E-state index contributed by atoms with van der Waals surface area (Å²) >= 11 is 5.94. The van der Waals surface area contributed by atoms with Crippen LogP contribution >= 0.6 is 24.0 Å². The summed E-state index contributed by atoms with van der Waals surface area (Å²) in [6.07, 6.45) is 1.52. The van der Waals surface area contributed by atoms with Gasteiger partial charge in [-0.15, -0.1) is 12.4 Å². The van der Waals surface area contributed by atoms with Gasteiger partial charge in [-0.2, -0.15) is 0 Å². The highest BCUT2D eigenvalue weighted by Gasteiger charge is 2.46. The summed E-state index contributed by atoms with van der Waals surface area (Å²) < 4.78 is 0. The molecule has 3 N–H and O–H groups in total. The van der Waals surface area contributed by atoms with Crippen LogP contribution in [0.5, 0.6) is 0 Å². The number of amides is 1. The summed E-state index contributed by atoms with van der Waals surface area (Å²) in [5.41, 5.74) is 6.75. The lowest BCUT2D eigenvalue weighted by Gasteiger charge is -2.12. The molecule has 0 aliphatic heterocycles. The van der Waals surface area contributed by atoms with E-state index in [1.807, 2.05) is 13.0 Å². The van der Waals surface area contributed by atoms with Crippen LogP contribution in [0.1, 0.15) is 18.4 Å². The Bertz CT molecular complexity index is 416. The lowest BCUT2D eigenvalue weighted by Crippen LogP contribution is -2.37. The van der Waals surface area contributed by atoms with Crippen molar-refractivity contribution < 1.29 is 4.79 Å². The Morgan fingerprint density at radius 3 is 2.69 bits per heavy atom. The molecule has 0 radical (unpaired) electrons. The third-order valence-corrected chi connectivity index (χ3v) is 3.17. The van der Waals surface area contributed by atoms with E-state index >= 15 is 0 Å². The first-order valence-corrected chi connectivity index (χ1v) is 5.26. The molecule has 5 heteroatoms. The second-order valence-corrected chi connectivity index (χ2v) is 4.43. The van der Waals surface area contributed by atoms with Gasteiger partial charge >= 0.3 is 0 Å². The van der Waals surface area contributed by atoms with Crippen LogP contribution in [0, 0.1) is 6.92 Å². The van der Waals surface area contributed by atoms with Gasteiger partial charge < -0.3 is 11.1 Å². The minimum atomic E-state index is -0.644. The smallest absolute Gasteiger partial charge is 0.244 e. The molecule has 0 unspecified atom stereocenters. The Kier molecular flexibility index (Phi) is 3.84. The number of rotatable bonds is 2. The van der Waals surface area contributed by atoms with Crippen LogP contribution < -0.4 is 11.1 Å². The highest BCUT2D eigenvalue weighted by atomic mass is 35.5. The third kappa shape index (κ3) is 2.48. The van der Waals surface area contributed by atoms with E-state index in [2.05, 4.69) is 5.32 Å². The Balaban J connectivity index is 0.00000128. The van der Waals surface area contributed by atoms with Gasteiger partial charge in [0.05, 0.1) is 5.54 Å². The van der Waals surface area contributed by atoms with Crippen LogP contribution in [0.2, 0.25) is 5.02 Å². The van der Waals surface area contributed by atoms with Crippen molar-refractivity contribution in [3.63, 3.8) is 0 Å². The second kappa shape index (κ2) is 4.62. The Labute approximate surface area is 106 Å². The molecule has 1 amide bonds. The molecule has 1 aromatic rings. The van der Waals surface area contributed by atoms with Gasteiger partial charge in [0, 0.05) is 10.7 Å². The van der Waals surface area contributed by atoms with Gasteiger partial charge in [0.15, 0.2) is 0 Å². The maximum Gasteiger partial charge on any atom is 0.244 e. The van der Waals surface area contributed by atoms with Gasteiger partial charge in [-0.05, 0) is 37.5 Å². The molecule has 0 saturated heterocycles. The zero-order chi connectivity index (χ0) is 11.1. The minimum absolute atomic E-state index is 0. The summed E-state index contributed by atoms with van der Waals surface area (Å²) in [6.45, 7) is 1.87. The largest absolute Gasteiger partial charge is 0.324 e. The molecular formula is C11H14Cl2N2O. The van der Waals surface area contributed by atoms with Gasteiger partial charge in [-0.1, -0.05) is 17.7 Å². The maximum atomic E-state index is 11.7. The van der Waals surface area contributed by atoms with Crippen molar-refractivity contribution in [2.24, 2.45) is 5.73 Å². The lowest BCUT2D eigenvalue weighted by molar-refractivity contribution is -0.118. The normalized spacial score (nSPS) is 16.2. The van der Waals surface area contributed by atoms with E-state index in [0.717, 1.165) is 24.1 Å². The number of carbonyl (C=O) groups excluding carboxylic acids is 1. The number of carbonyl (C=O) groups is 1. The van der Waals surface area contributed by atoms with Crippen molar-refractivity contribution in [2.75, 3.05) is 5.32 Å². The number of hydrogen-bond acceptors (Lipinski definition) is 2. The number of nitrogens with one attached hydrogen (secondary N) is 1. The van der Waals surface area contributed by atoms with Gasteiger partial charge in [0.1, 0.15) is 0 Å². The number of benzene rings is 1. The SMILES string of the molecule is Cc1c(Cl)cccc1NC(=O)C1(N)CC1.Cl. The van der Waals surface area contributed by atoms with E-state index in [1.54, 1.807) is 12.1 Å². The molecule has 88 valence electrons. The van der Waals surface area contributed by atoms with E-state index < -0.39 is 5.54 Å². The fourth-order valence-electron chi connectivity index (χ4n) is 1.35. The molecule has 1 fully saturated rings. The van der Waals surface area contributed by atoms with Gasteiger partial charge in [0.2, 0.25) is 5.91 Å². The van der Waals surface area contributed by atoms with Crippen molar-refractivity contribution in [1.29, 1.82) is 0 Å². The zero-order valence-electron chi connectivity index (χ0n) is 8.92. The molecule has 1 aliphatic carbocycles. The summed E-state index contributed by atoms with van der Waals surface area (Å²) in [6, 6.07) is 5.42. The highest BCUT2D eigenvalue weighted by Crippen LogP contribution is 2.34. The van der Waals surface area contributed by atoms with Crippen LogP contribution in [0.15, 0.2) is 18.2 Å². The molecule has 0 spiro atoms. The molecule has 0 bridgehead atoms. The van der Waals surface area contributed by atoms with E-state index in [4.69, 9.17) is 17.3 Å². The number of halogens is 2. The quantitative estimate of drug-likeness (QED) is 0.859. The van der Waals surface area contributed by atoms with Crippen molar-refractivity contribution in [2.45, 2.75) is 25.3 Å². The lowest BCUT2D eigenvalue weighted by atomic mass is 10.2. The summed E-state index contributed by atoms with van der Waals surface area (Å²) in [5.74, 6) is -0.118. The highest BCUT2D eigenvalue weighted by molar-refractivity contribution is 6.31. The Hall–Kier alpha value is -0.770. The predicted octanol–water partition coefficient (Wildman–Crippen LogP) is 2.50. The summed E-state index contributed by atoms with van der Waals surface area (Å²) in [5, 5.41) is 3.45. The Morgan fingerprint density at radius 2 is 2.12 bits per heavy atom. The molecule has 1 aliphatic rings. The van der Waals surface area contributed by atoms with Crippen LogP contribution in [0.3, 0.4) is 0 Å². The van der Waals surface area contributed by atoms with E-state index in [1.165, 1.54) is 0 Å². The zero-order valence-corrected chi connectivity index (χ0v) is 10.5. The second-order valence-electron chi connectivity index (χ2n) is 4.02. The summed E-state index contributed by atoms with van der Waals surface area (Å²) in [7, 11) is 0. The molecule has 3 nitrogen and oxygen atoms in total. The van der Waals surface area contributed by atoms with Crippen LogP contribution in [0.25, 0.3) is 0 Å². The average Bonchev–Trinajstić information content (AvgIpc) is 2.93. The third-order valence-electron chi connectivity index (χ3n) is 2.76. The van der Waals surface area contributed by atoms with E-state index in [-0.39, 0.29) is 18.3 Å². The van der Waals surface area contributed by atoms with Crippen LogP contribution in [0.4, 0.5) is 5.69 Å². The molecule has 0 atom stereocenters. The first-order valence-electron chi connectivity index (χ1n) is 4.88. The molecule has 0 aromatic heterocycles. The number of anilines is 1. The molecular weight excluding hydrogens is 247 g/mol. The van der Waals surface area contributed by atoms with Gasteiger partial charge in [0.25, 0.3) is 0 Å².